The Balaban J connectivity index is 1.74. The zero-order chi connectivity index (χ0) is 18.3. The number of hydrogen-bond donors (Lipinski definition) is 2. The summed E-state index contributed by atoms with van der Waals surface area (Å²) in [6.07, 6.45) is 2.22. The maximum atomic E-state index is 12.1. The van der Waals surface area contributed by atoms with E-state index in [1.54, 1.807) is 0 Å². The minimum atomic E-state index is -1.13. The lowest BCUT2D eigenvalue weighted by molar-refractivity contribution is -0.140. The van der Waals surface area contributed by atoms with Crippen molar-refractivity contribution in [2.45, 2.75) is 24.9 Å². The quantitative estimate of drug-likeness (QED) is 0.689. The predicted molar refractivity (Wildman–Crippen MR) is 99.3 cm³/mol. The molecule has 1 aliphatic rings. The van der Waals surface area contributed by atoms with Crippen LogP contribution in [-0.4, -0.2) is 21.6 Å². The molecule has 5 nitrogen and oxygen atoms in total. The average molecular weight is 369 g/mol. The van der Waals surface area contributed by atoms with Crippen molar-refractivity contribution in [2.75, 3.05) is 0 Å². The smallest absolute Gasteiger partial charge is 0.312 e. The maximum absolute atomic E-state index is 12.1. The van der Waals surface area contributed by atoms with Gasteiger partial charge in [-0.15, -0.1) is 0 Å². The van der Waals surface area contributed by atoms with Crippen LogP contribution in [0.2, 0.25) is 5.02 Å². The van der Waals surface area contributed by atoms with Gasteiger partial charge in [-0.1, -0.05) is 35.9 Å². The highest BCUT2D eigenvalue weighted by molar-refractivity contribution is 6.31. The number of halogens is 1. The summed E-state index contributed by atoms with van der Waals surface area (Å²) in [5.41, 5.74) is 3.23. The number of rotatable bonds is 4. The van der Waals surface area contributed by atoms with Crippen LogP contribution in [0.25, 0.3) is 10.9 Å². The van der Waals surface area contributed by atoms with Crippen molar-refractivity contribution >= 4 is 34.4 Å². The Labute approximate surface area is 155 Å². The van der Waals surface area contributed by atoms with Gasteiger partial charge in [-0.2, -0.15) is 0 Å². The second-order valence-electron chi connectivity index (χ2n) is 6.51. The van der Waals surface area contributed by atoms with E-state index < -0.39 is 18.3 Å². The lowest BCUT2D eigenvalue weighted by atomic mass is 10.1. The molecule has 0 unspecified atom stereocenters. The van der Waals surface area contributed by atoms with Crippen molar-refractivity contribution in [3.05, 3.63) is 70.9 Å². The molecule has 1 aliphatic carbocycles. The monoisotopic (exact) mass is 368 g/mol. The van der Waals surface area contributed by atoms with E-state index in [1.165, 1.54) is 0 Å². The highest BCUT2D eigenvalue weighted by Gasteiger charge is 2.35. The number of aliphatic carboxylic acids is 1. The fraction of sp³-hybridized carbons (Fsp3) is 0.200. The van der Waals surface area contributed by atoms with E-state index in [1.807, 2.05) is 54.7 Å². The molecule has 26 heavy (non-hydrogen) atoms. The van der Waals surface area contributed by atoms with E-state index in [4.69, 9.17) is 16.7 Å². The molecule has 2 aromatic carbocycles. The van der Waals surface area contributed by atoms with Crippen molar-refractivity contribution in [1.29, 1.82) is 0 Å². The molecule has 2 N–H and O–H groups in total. The number of carboxylic acids is 1. The molecule has 0 spiro atoms. The van der Waals surface area contributed by atoms with E-state index in [2.05, 4.69) is 9.88 Å². The number of carboxylic acid groups (broad SMARTS) is 1. The summed E-state index contributed by atoms with van der Waals surface area (Å²) in [5.74, 6) is -1.62. The standard InChI is InChI=1S/C20H17ClN2O3/c21-14-5-6-16-13(9-14)7-8-23(16)17-10-12-3-1-2-4-15(12)20(17)22-18(24)11-19(25)26/h1-9,17,20H,10-11H2,(H,22,24)(H,25,26)/t17-,20-/m1/s1. The summed E-state index contributed by atoms with van der Waals surface area (Å²) < 4.78 is 2.14. The van der Waals surface area contributed by atoms with Gasteiger partial charge in [0.15, 0.2) is 0 Å². The van der Waals surface area contributed by atoms with Gasteiger partial charge in [0.25, 0.3) is 0 Å². The molecule has 3 aromatic rings. The van der Waals surface area contributed by atoms with E-state index in [0.717, 1.165) is 28.5 Å². The molecule has 0 saturated heterocycles. The third-order valence-electron chi connectivity index (χ3n) is 4.87. The first-order valence-electron chi connectivity index (χ1n) is 8.38. The zero-order valence-electron chi connectivity index (χ0n) is 13.9. The minimum absolute atomic E-state index is 0.0242. The number of carbonyl (C=O) groups is 2. The number of benzene rings is 2. The number of nitrogens with zero attached hydrogens (tertiary/aromatic N) is 1. The first-order valence-corrected chi connectivity index (χ1v) is 8.76. The van der Waals surface area contributed by atoms with Gasteiger partial charge >= 0.3 is 5.97 Å². The highest BCUT2D eigenvalue weighted by atomic mass is 35.5. The van der Waals surface area contributed by atoms with Gasteiger partial charge < -0.3 is 15.0 Å². The summed E-state index contributed by atoms with van der Waals surface area (Å²) in [7, 11) is 0. The van der Waals surface area contributed by atoms with Crippen LogP contribution in [0.1, 0.15) is 29.6 Å². The normalized spacial score (nSPS) is 18.7. The third kappa shape index (κ3) is 2.95. The van der Waals surface area contributed by atoms with Crippen LogP contribution in [-0.2, 0) is 16.0 Å². The lowest BCUT2D eigenvalue weighted by Crippen LogP contribution is -2.33. The molecule has 6 heteroatoms. The van der Waals surface area contributed by atoms with Crippen LogP contribution >= 0.6 is 11.6 Å². The molecular weight excluding hydrogens is 352 g/mol. The fourth-order valence-electron chi connectivity index (χ4n) is 3.79. The molecule has 1 aromatic heterocycles. The number of amides is 1. The van der Waals surface area contributed by atoms with Gasteiger partial charge in [-0.25, -0.2) is 0 Å². The number of hydrogen-bond acceptors (Lipinski definition) is 2. The summed E-state index contributed by atoms with van der Waals surface area (Å²) in [4.78, 5) is 23.0. The lowest BCUT2D eigenvalue weighted by Gasteiger charge is -2.24. The van der Waals surface area contributed by atoms with Gasteiger partial charge in [-0.05, 0) is 41.8 Å². The second-order valence-corrected chi connectivity index (χ2v) is 6.95. The van der Waals surface area contributed by atoms with Crippen LogP contribution in [0.15, 0.2) is 54.7 Å². The Morgan fingerprint density at radius 3 is 2.81 bits per heavy atom. The van der Waals surface area contributed by atoms with Gasteiger partial charge in [0.2, 0.25) is 5.91 Å². The number of carbonyl (C=O) groups excluding carboxylic acids is 1. The molecule has 0 radical (unpaired) electrons. The molecular formula is C20H17ClN2O3. The van der Waals surface area contributed by atoms with Gasteiger partial charge in [0, 0.05) is 22.1 Å². The average Bonchev–Trinajstić information content (AvgIpc) is 3.15. The fourth-order valence-corrected chi connectivity index (χ4v) is 3.97. The highest BCUT2D eigenvalue weighted by Crippen LogP contribution is 2.41. The van der Waals surface area contributed by atoms with Crippen LogP contribution < -0.4 is 5.32 Å². The summed E-state index contributed by atoms with van der Waals surface area (Å²) >= 11 is 6.08. The van der Waals surface area contributed by atoms with Crippen LogP contribution in [0, 0.1) is 0 Å². The SMILES string of the molecule is O=C(O)CC(=O)N[C@@H]1c2ccccc2C[C@H]1n1ccc2cc(Cl)ccc21. The Hall–Kier alpha value is -2.79. The summed E-state index contributed by atoms with van der Waals surface area (Å²) in [6, 6.07) is 15.4. The maximum Gasteiger partial charge on any atom is 0.312 e. The summed E-state index contributed by atoms with van der Waals surface area (Å²) in [5, 5.41) is 13.5. The van der Waals surface area contributed by atoms with Gasteiger partial charge in [0.05, 0.1) is 12.1 Å². The Bertz CT molecular complexity index is 1010. The Morgan fingerprint density at radius 1 is 1.19 bits per heavy atom. The molecule has 0 saturated carbocycles. The molecule has 2 atom stereocenters. The van der Waals surface area contributed by atoms with Gasteiger partial charge in [-0.3, -0.25) is 9.59 Å². The van der Waals surface area contributed by atoms with Crippen molar-refractivity contribution in [1.82, 2.24) is 9.88 Å². The largest absolute Gasteiger partial charge is 0.481 e. The number of aromatic nitrogens is 1. The Morgan fingerprint density at radius 2 is 2.00 bits per heavy atom. The molecule has 1 amide bonds. The van der Waals surface area contributed by atoms with Crippen LogP contribution in [0.4, 0.5) is 0 Å². The third-order valence-corrected chi connectivity index (χ3v) is 5.11. The predicted octanol–water partition coefficient (Wildman–Crippen LogP) is 3.72. The first-order chi connectivity index (χ1) is 12.5. The number of nitrogens with one attached hydrogen (secondary N) is 1. The Kier molecular flexibility index (Phi) is 4.17. The topological polar surface area (TPSA) is 71.3 Å². The van der Waals surface area contributed by atoms with Crippen molar-refractivity contribution in [3.8, 4) is 0 Å². The van der Waals surface area contributed by atoms with Gasteiger partial charge in [0.1, 0.15) is 6.42 Å². The molecule has 132 valence electrons. The first kappa shape index (κ1) is 16.7. The summed E-state index contributed by atoms with van der Waals surface area (Å²) in [6.45, 7) is 0. The molecule has 0 bridgehead atoms. The van der Waals surface area contributed by atoms with Crippen LogP contribution in [0.3, 0.4) is 0 Å². The number of fused-ring (bicyclic) bond motifs is 2. The molecule has 0 aliphatic heterocycles. The molecule has 4 rings (SSSR count). The van der Waals surface area contributed by atoms with Crippen LogP contribution in [0.5, 0.6) is 0 Å². The van der Waals surface area contributed by atoms with E-state index in [0.29, 0.717) is 5.02 Å². The molecule has 1 heterocycles. The van der Waals surface area contributed by atoms with E-state index >= 15 is 0 Å². The van der Waals surface area contributed by atoms with E-state index in [-0.39, 0.29) is 12.1 Å². The minimum Gasteiger partial charge on any atom is -0.481 e. The van der Waals surface area contributed by atoms with Crippen molar-refractivity contribution < 1.29 is 14.7 Å². The molecule has 0 fully saturated rings. The zero-order valence-corrected chi connectivity index (χ0v) is 14.6. The van der Waals surface area contributed by atoms with Crippen molar-refractivity contribution in [2.24, 2.45) is 0 Å². The second kappa shape index (κ2) is 6.50. The van der Waals surface area contributed by atoms with E-state index in [9.17, 15) is 9.59 Å². The van der Waals surface area contributed by atoms with Crippen molar-refractivity contribution in [3.63, 3.8) is 0 Å².